The lowest BCUT2D eigenvalue weighted by atomic mass is 10.2. The highest BCUT2D eigenvalue weighted by Crippen LogP contribution is 2.32. The number of hydrazine groups is 1. The van der Waals surface area contributed by atoms with E-state index in [1.165, 1.54) is 11.8 Å². The Labute approximate surface area is 163 Å². The normalized spacial score (nSPS) is 12.1. The molecule has 1 aromatic heterocycles. The van der Waals surface area contributed by atoms with E-state index in [1.54, 1.807) is 29.5 Å². The first-order valence-corrected chi connectivity index (χ1v) is 9.96. The van der Waals surface area contributed by atoms with E-state index in [9.17, 15) is 9.59 Å². The molecule has 1 aliphatic heterocycles. The summed E-state index contributed by atoms with van der Waals surface area (Å²) in [5.74, 6) is 1.01. The van der Waals surface area contributed by atoms with Gasteiger partial charge in [-0.1, -0.05) is 23.9 Å². The summed E-state index contributed by atoms with van der Waals surface area (Å²) in [5.41, 5.74) is 6.17. The molecular weight excluding hydrogens is 386 g/mol. The van der Waals surface area contributed by atoms with E-state index in [0.29, 0.717) is 22.8 Å². The lowest BCUT2D eigenvalue weighted by Crippen LogP contribution is -2.41. The number of benzene rings is 2. The van der Waals surface area contributed by atoms with E-state index >= 15 is 0 Å². The van der Waals surface area contributed by atoms with Crippen molar-refractivity contribution in [3.63, 3.8) is 0 Å². The Kier molecular flexibility index (Phi) is 5.12. The van der Waals surface area contributed by atoms with E-state index in [0.717, 1.165) is 14.6 Å². The molecule has 0 saturated heterocycles. The van der Waals surface area contributed by atoms with Gasteiger partial charge in [0.1, 0.15) is 0 Å². The SMILES string of the molecule is O=C(CCSc1nc2ccccc2s1)NNC(=O)c1ccc2c(c1)OCO2. The van der Waals surface area contributed by atoms with Crippen molar-refractivity contribution < 1.29 is 19.1 Å². The number of para-hydroxylation sites is 1. The minimum Gasteiger partial charge on any atom is -0.454 e. The molecular formula is C18H15N3O4S2. The smallest absolute Gasteiger partial charge is 0.269 e. The average molecular weight is 401 g/mol. The maximum Gasteiger partial charge on any atom is 0.269 e. The summed E-state index contributed by atoms with van der Waals surface area (Å²) < 4.78 is 12.5. The Balaban J connectivity index is 1.23. The third kappa shape index (κ3) is 4.15. The van der Waals surface area contributed by atoms with Gasteiger partial charge in [0.25, 0.3) is 5.91 Å². The molecule has 0 bridgehead atoms. The summed E-state index contributed by atoms with van der Waals surface area (Å²) in [4.78, 5) is 28.5. The van der Waals surface area contributed by atoms with Gasteiger partial charge in [-0.3, -0.25) is 20.4 Å². The third-order valence-electron chi connectivity index (χ3n) is 3.78. The molecule has 2 amide bonds. The second-order valence-electron chi connectivity index (χ2n) is 5.62. The van der Waals surface area contributed by atoms with Crippen molar-refractivity contribution in [1.82, 2.24) is 15.8 Å². The second kappa shape index (κ2) is 7.85. The molecule has 2 aromatic carbocycles. The number of aromatic nitrogens is 1. The minimum atomic E-state index is -0.416. The van der Waals surface area contributed by atoms with Gasteiger partial charge >= 0.3 is 0 Å². The molecule has 0 spiro atoms. The van der Waals surface area contributed by atoms with Crippen molar-refractivity contribution in [2.45, 2.75) is 10.8 Å². The Bertz CT molecular complexity index is 972. The van der Waals surface area contributed by atoms with Gasteiger partial charge in [0, 0.05) is 17.7 Å². The summed E-state index contributed by atoms with van der Waals surface area (Å²) in [7, 11) is 0. The van der Waals surface area contributed by atoms with Crippen LogP contribution in [0.5, 0.6) is 11.5 Å². The molecule has 4 rings (SSSR count). The van der Waals surface area contributed by atoms with Gasteiger partial charge in [-0.2, -0.15) is 0 Å². The predicted molar refractivity (Wildman–Crippen MR) is 103 cm³/mol. The van der Waals surface area contributed by atoms with Crippen molar-refractivity contribution in [2.24, 2.45) is 0 Å². The van der Waals surface area contributed by atoms with E-state index < -0.39 is 5.91 Å². The van der Waals surface area contributed by atoms with Gasteiger partial charge in [0.05, 0.1) is 10.2 Å². The molecule has 3 aromatic rings. The van der Waals surface area contributed by atoms with Crippen LogP contribution in [-0.2, 0) is 4.79 Å². The zero-order valence-corrected chi connectivity index (χ0v) is 15.7. The second-order valence-corrected chi connectivity index (χ2v) is 7.99. The molecule has 138 valence electrons. The average Bonchev–Trinajstić information content (AvgIpc) is 3.31. The highest BCUT2D eigenvalue weighted by molar-refractivity contribution is 8.01. The van der Waals surface area contributed by atoms with E-state index in [2.05, 4.69) is 15.8 Å². The number of fused-ring (bicyclic) bond motifs is 2. The van der Waals surface area contributed by atoms with E-state index in [-0.39, 0.29) is 19.1 Å². The van der Waals surface area contributed by atoms with Gasteiger partial charge in [0.15, 0.2) is 15.8 Å². The fourth-order valence-electron chi connectivity index (χ4n) is 2.44. The highest BCUT2D eigenvalue weighted by Gasteiger charge is 2.16. The zero-order chi connectivity index (χ0) is 18.6. The van der Waals surface area contributed by atoms with Crippen molar-refractivity contribution in [3.05, 3.63) is 48.0 Å². The van der Waals surface area contributed by atoms with Crippen LogP contribution in [0.25, 0.3) is 10.2 Å². The van der Waals surface area contributed by atoms with Crippen molar-refractivity contribution in [2.75, 3.05) is 12.5 Å². The molecule has 2 N–H and O–H groups in total. The molecule has 0 saturated carbocycles. The Morgan fingerprint density at radius 3 is 2.85 bits per heavy atom. The molecule has 0 radical (unpaired) electrons. The van der Waals surface area contributed by atoms with Crippen LogP contribution in [0.3, 0.4) is 0 Å². The lowest BCUT2D eigenvalue weighted by Gasteiger charge is -2.07. The number of carbonyl (C=O) groups is 2. The largest absolute Gasteiger partial charge is 0.454 e. The maximum absolute atomic E-state index is 12.1. The zero-order valence-electron chi connectivity index (χ0n) is 14.1. The molecule has 0 aliphatic carbocycles. The maximum atomic E-state index is 12.1. The van der Waals surface area contributed by atoms with Gasteiger partial charge in [0.2, 0.25) is 12.7 Å². The fraction of sp³-hybridized carbons (Fsp3) is 0.167. The van der Waals surface area contributed by atoms with E-state index in [4.69, 9.17) is 9.47 Å². The number of thiazole rings is 1. The van der Waals surface area contributed by atoms with Crippen LogP contribution < -0.4 is 20.3 Å². The first kappa shape index (κ1) is 17.6. The Hall–Kier alpha value is -2.78. The summed E-state index contributed by atoms with van der Waals surface area (Å²) in [5, 5.41) is 0. The number of thioether (sulfide) groups is 1. The number of ether oxygens (including phenoxy) is 2. The van der Waals surface area contributed by atoms with Gasteiger partial charge in [-0.15, -0.1) is 11.3 Å². The van der Waals surface area contributed by atoms with Crippen LogP contribution in [0.1, 0.15) is 16.8 Å². The summed E-state index contributed by atoms with van der Waals surface area (Å²) in [6.07, 6.45) is 0.266. The number of nitrogens with one attached hydrogen (secondary N) is 2. The molecule has 7 nitrogen and oxygen atoms in total. The van der Waals surface area contributed by atoms with Crippen LogP contribution >= 0.6 is 23.1 Å². The van der Waals surface area contributed by atoms with Gasteiger partial charge in [-0.25, -0.2) is 4.98 Å². The van der Waals surface area contributed by atoms with Gasteiger partial charge < -0.3 is 9.47 Å². The first-order chi connectivity index (χ1) is 13.2. The molecule has 1 aliphatic rings. The molecule has 0 atom stereocenters. The summed E-state index contributed by atoms with van der Waals surface area (Å²) >= 11 is 3.12. The van der Waals surface area contributed by atoms with Crippen LogP contribution in [0.2, 0.25) is 0 Å². The molecule has 27 heavy (non-hydrogen) atoms. The van der Waals surface area contributed by atoms with Gasteiger partial charge in [-0.05, 0) is 30.3 Å². The minimum absolute atomic E-state index is 0.142. The number of amides is 2. The molecule has 0 fully saturated rings. The van der Waals surface area contributed by atoms with Crippen molar-refractivity contribution in [1.29, 1.82) is 0 Å². The number of carbonyl (C=O) groups excluding carboxylic acids is 2. The lowest BCUT2D eigenvalue weighted by molar-refractivity contribution is -0.121. The Morgan fingerprint density at radius 2 is 1.96 bits per heavy atom. The van der Waals surface area contributed by atoms with E-state index in [1.807, 2.05) is 24.3 Å². The van der Waals surface area contributed by atoms with Crippen LogP contribution in [0.4, 0.5) is 0 Å². The van der Waals surface area contributed by atoms with Crippen molar-refractivity contribution >= 4 is 45.1 Å². The molecule has 2 heterocycles. The monoisotopic (exact) mass is 401 g/mol. The summed E-state index contributed by atoms with van der Waals surface area (Å²) in [6, 6.07) is 12.8. The fourth-order valence-corrected chi connectivity index (χ4v) is 4.52. The van der Waals surface area contributed by atoms with Crippen LogP contribution in [0, 0.1) is 0 Å². The molecule has 0 unspecified atom stereocenters. The standard InChI is InChI=1S/C18H15N3O4S2/c22-16(7-8-26-18-19-12-3-1-2-4-15(12)27-18)20-21-17(23)11-5-6-13-14(9-11)25-10-24-13/h1-6,9H,7-8,10H2,(H,20,22)(H,21,23). The number of nitrogens with zero attached hydrogens (tertiary/aromatic N) is 1. The predicted octanol–water partition coefficient (Wildman–Crippen LogP) is 2.97. The van der Waals surface area contributed by atoms with Crippen LogP contribution in [-0.4, -0.2) is 29.3 Å². The van der Waals surface area contributed by atoms with Crippen molar-refractivity contribution in [3.8, 4) is 11.5 Å². The van der Waals surface area contributed by atoms with Crippen LogP contribution in [0.15, 0.2) is 46.8 Å². The highest BCUT2D eigenvalue weighted by atomic mass is 32.2. The number of rotatable bonds is 5. The topological polar surface area (TPSA) is 89.6 Å². The molecule has 9 heteroatoms. The summed E-state index contributed by atoms with van der Waals surface area (Å²) in [6.45, 7) is 0.142. The number of hydrogen-bond acceptors (Lipinski definition) is 7. The first-order valence-electron chi connectivity index (χ1n) is 8.16. The Morgan fingerprint density at radius 1 is 1.11 bits per heavy atom. The number of hydrogen-bond donors (Lipinski definition) is 2. The third-order valence-corrected chi connectivity index (χ3v) is 5.96. The quantitative estimate of drug-likeness (QED) is 0.505.